The van der Waals surface area contributed by atoms with Gasteiger partial charge in [-0.05, 0) is 36.4 Å². The molecule has 6 heteroatoms. The van der Waals surface area contributed by atoms with E-state index in [1.54, 1.807) is 18.9 Å². The second kappa shape index (κ2) is 8.95. The Hall–Kier alpha value is -2.41. The topological polar surface area (TPSA) is 50.7 Å². The number of nitrogens with zero attached hydrogens (tertiary/aromatic N) is 1. The number of amides is 1. The van der Waals surface area contributed by atoms with Crippen molar-refractivity contribution >= 4 is 45.0 Å². The van der Waals surface area contributed by atoms with Crippen LogP contribution < -0.4 is 5.32 Å². The number of benzene rings is 3. The van der Waals surface area contributed by atoms with Crippen LogP contribution in [0.1, 0.15) is 21.5 Å². The van der Waals surface area contributed by atoms with Gasteiger partial charge in [-0.15, -0.1) is 0 Å². The summed E-state index contributed by atoms with van der Waals surface area (Å²) >= 11 is 5.17. The van der Waals surface area contributed by atoms with Crippen LogP contribution >= 0.6 is 27.7 Å². The Bertz CT molecular complexity index is 1080. The second-order valence-corrected chi connectivity index (χ2v) is 8.50. The first-order chi connectivity index (χ1) is 14.2. The molecule has 0 fully saturated rings. The van der Waals surface area contributed by atoms with Crippen molar-refractivity contribution in [1.29, 1.82) is 0 Å². The highest BCUT2D eigenvalue weighted by atomic mass is 79.9. The Morgan fingerprint density at radius 1 is 1.07 bits per heavy atom. The van der Waals surface area contributed by atoms with Gasteiger partial charge in [-0.1, -0.05) is 58.0 Å². The molecule has 0 aliphatic carbocycles. The first-order valence-electron chi connectivity index (χ1n) is 9.19. The van der Waals surface area contributed by atoms with Crippen molar-refractivity contribution < 1.29 is 9.53 Å². The van der Waals surface area contributed by atoms with Gasteiger partial charge in [0.15, 0.2) is 0 Å². The number of fused-ring (bicyclic) bond motifs is 2. The Morgan fingerprint density at radius 2 is 1.86 bits per heavy atom. The number of methoxy groups -OCH3 is 1. The van der Waals surface area contributed by atoms with Gasteiger partial charge in [0.2, 0.25) is 0 Å². The van der Waals surface area contributed by atoms with Gasteiger partial charge in [0.05, 0.1) is 18.0 Å². The van der Waals surface area contributed by atoms with Crippen molar-refractivity contribution in [1.82, 2.24) is 5.32 Å². The predicted molar refractivity (Wildman–Crippen MR) is 121 cm³/mol. The molecular formula is C23H19BrN2O2S. The van der Waals surface area contributed by atoms with Gasteiger partial charge in [0, 0.05) is 44.6 Å². The third-order valence-corrected chi connectivity index (χ3v) is 6.19. The second-order valence-electron chi connectivity index (χ2n) is 6.50. The summed E-state index contributed by atoms with van der Waals surface area (Å²) in [6.07, 6.45) is 0. The van der Waals surface area contributed by atoms with E-state index in [4.69, 9.17) is 9.73 Å². The van der Waals surface area contributed by atoms with Crippen molar-refractivity contribution in [3.8, 4) is 0 Å². The molecule has 146 valence electrons. The number of rotatable bonds is 5. The number of hydrogen-bond donors (Lipinski definition) is 1. The molecular weight excluding hydrogens is 448 g/mol. The maximum absolute atomic E-state index is 12.5. The quantitative estimate of drug-likeness (QED) is 0.397. The molecule has 4 nitrogen and oxygen atoms in total. The summed E-state index contributed by atoms with van der Waals surface area (Å²) in [4.78, 5) is 19.6. The minimum atomic E-state index is -0.128. The molecule has 0 radical (unpaired) electrons. The maximum Gasteiger partial charge on any atom is 0.251 e. The van der Waals surface area contributed by atoms with Crippen LogP contribution in [0.2, 0.25) is 0 Å². The summed E-state index contributed by atoms with van der Waals surface area (Å²) in [5.41, 5.74) is 4.40. The molecule has 1 aliphatic heterocycles. The van der Waals surface area contributed by atoms with Crippen LogP contribution in [-0.4, -0.2) is 31.9 Å². The van der Waals surface area contributed by atoms with E-state index < -0.39 is 0 Å². The molecule has 0 saturated heterocycles. The molecule has 3 aromatic carbocycles. The lowest BCUT2D eigenvalue weighted by Gasteiger charge is -2.09. The number of carbonyl (C=O) groups excluding carboxylic acids is 1. The Kier molecular flexibility index (Phi) is 6.13. The van der Waals surface area contributed by atoms with Crippen molar-refractivity contribution in [2.75, 3.05) is 20.3 Å². The van der Waals surface area contributed by atoms with E-state index in [1.165, 1.54) is 0 Å². The predicted octanol–water partition coefficient (Wildman–Crippen LogP) is 5.46. The fraction of sp³-hybridized carbons (Fsp3) is 0.130. The largest absolute Gasteiger partial charge is 0.383 e. The van der Waals surface area contributed by atoms with Crippen LogP contribution in [0.5, 0.6) is 0 Å². The Labute approximate surface area is 182 Å². The molecule has 1 N–H and O–H groups in total. The van der Waals surface area contributed by atoms with E-state index in [0.29, 0.717) is 18.7 Å². The van der Waals surface area contributed by atoms with E-state index >= 15 is 0 Å². The molecule has 1 heterocycles. The molecule has 3 aromatic rings. The lowest BCUT2D eigenvalue weighted by molar-refractivity contribution is 0.0937. The molecule has 29 heavy (non-hydrogen) atoms. The van der Waals surface area contributed by atoms with Crippen LogP contribution in [0.15, 0.2) is 86.0 Å². The normalized spacial score (nSPS) is 12.4. The number of aliphatic imine (C=N–C) groups is 1. The van der Waals surface area contributed by atoms with Gasteiger partial charge in [-0.25, -0.2) is 4.99 Å². The molecule has 0 atom stereocenters. The molecule has 0 bridgehead atoms. The Balaban J connectivity index is 1.78. The van der Waals surface area contributed by atoms with Crippen LogP contribution in [0.25, 0.3) is 0 Å². The number of ether oxygens (including phenoxy) is 1. The van der Waals surface area contributed by atoms with Crippen LogP contribution in [0.3, 0.4) is 0 Å². The third kappa shape index (κ3) is 4.45. The molecule has 0 saturated carbocycles. The van der Waals surface area contributed by atoms with Gasteiger partial charge >= 0.3 is 0 Å². The number of carbonyl (C=O) groups is 1. The lowest BCUT2D eigenvalue weighted by atomic mass is 10.0. The van der Waals surface area contributed by atoms with Gasteiger partial charge in [-0.3, -0.25) is 4.79 Å². The zero-order chi connectivity index (χ0) is 20.2. The average molecular weight is 467 g/mol. The first-order valence-corrected chi connectivity index (χ1v) is 10.8. The summed E-state index contributed by atoms with van der Waals surface area (Å²) in [5.74, 6) is -0.128. The van der Waals surface area contributed by atoms with Crippen molar-refractivity contribution in [3.05, 3.63) is 87.9 Å². The van der Waals surface area contributed by atoms with E-state index in [1.807, 2.05) is 42.5 Å². The first kappa shape index (κ1) is 19.9. The maximum atomic E-state index is 12.5. The number of hydrogen-bond acceptors (Lipinski definition) is 4. The van der Waals surface area contributed by atoms with E-state index in [2.05, 4.69) is 45.5 Å². The van der Waals surface area contributed by atoms with Gasteiger partial charge in [-0.2, -0.15) is 0 Å². The Morgan fingerprint density at radius 3 is 2.66 bits per heavy atom. The zero-order valence-electron chi connectivity index (χ0n) is 15.8. The summed E-state index contributed by atoms with van der Waals surface area (Å²) in [6.45, 7) is 0.952. The van der Waals surface area contributed by atoms with Crippen molar-refractivity contribution in [2.24, 2.45) is 4.99 Å². The highest BCUT2D eigenvalue weighted by Crippen LogP contribution is 2.41. The molecule has 0 unspecified atom stereocenters. The monoisotopic (exact) mass is 466 g/mol. The van der Waals surface area contributed by atoms with Crippen LogP contribution in [-0.2, 0) is 4.74 Å². The third-order valence-electron chi connectivity index (χ3n) is 4.52. The van der Waals surface area contributed by atoms with Gasteiger partial charge < -0.3 is 10.1 Å². The molecule has 1 aliphatic rings. The summed E-state index contributed by atoms with van der Waals surface area (Å²) in [6, 6.07) is 22.1. The van der Waals surface area contributed by atoms with E-state index in [9.17, 15) is 4.79 Å². The summed E-state index contributed by atoms with van der Waals surface area (Å²) in [7, 11) is 1.61. The smallest absolute Gasteiger partial charge is 0.251 e. The molecule has 1 amide bonds. The highest BCUT2D eigenvalue weighted by molar-refractivity contribution is 9.10. The van der Waals surface area contributed by atoms with Crippen LogP contribution in [0, 0.1) is 0 Å². The summed E-state index contributed by atoms with van der Waals surface area (Å²) in [5, 5.41) is 2.86. The molecule has 0 aromatic heterocycles. The summed E-state index contributed by atoms with van der Waals surface area (Å²) < 4.78 is 6.02. The van der Waals surface area contributed by atoms with Gasteiger partial charge in [0.25, 0.3) is 5.91 Å². The zero-order valence-corrected chi connectivity index (χ0v) is 18.2. The standard InChI is InChI=1S/C23H19BrN2O2S/c1-28-13-12-25-23(27)16-8-11-21-19(14-16)26-22(15-6-9-17(24)10-7-15)18-4-2-3-5-20(18)29-21/h2-11,14H,12-13H2,1H3,(H,25,27). The molecule has 4 rings (SSSR count). The van der Waals surface area contributed by atoms with Gasteiger partial charge in [0.1, 0.15) is 0 Å². The van der Waals surface area contributed by atoms with E-state index in [0.717, 1.165) is 36.8 Å². The fourth-order valence-electron chi connectivity index (χ4n) is 3.08. The number of nitrogens with one attached hydrogen (secondary N) is 1. The molecule has 0 spiro atoms. The lowest BCUT2D eigenvalue weighted by Crippen LogP contribution is -2.26. The average Bonchev–Trinajstić information content (AvgIpc) is 2.90. The number of halogens is 1. The minimum absolute atomic E-state index is 0.128. The SMILES string of the molecule is COCCNC(=O)c1ccc2c(c1)N=C(c1ccc(Br)cc1)c1ccccc1S2. The highest BCUT2D eigenvalue weighted by Gasteiger charge is 2.19. The van der Waals surface area contributed by atoms with Crippen molar-refractivity contribution in [3.63, 3.8) is 0 Å². The van der Waals surface area contributed by atoms with E-state index in [-0.39, 0.29) is 5.91 Å². The minimum Gasteiger partial charge on any atom is -0.383 e. The van der Waals surface area contributed by atoms with Crippen molar-refractivity contribution in [2.45, 2.75) is 9.79 Å². The fourth-order valence-corrected chi connectivity index (χ4v) is 4.35. The van der Waals surface area contributed by atoms with Crippen LogP contribution in [0.4, 0.5) is 5.69 Å².